The molecule has 2 bridgehead atoms. The van der Waals surface area contributed by atoms with Crippen LogP contribution in [0.5, 0.6) is 0 Å². The molecule has 1 aromatic carbocycles. The van der Waals surface area contributed by atoms with Crippen molar-refractivity contribution in [2.45, 2.75) is 124 Å². The zero-order valence-electron chi connectivity index (χ0n) is 33.8. The van der Waals surface area contributed by atoms with Crippen molar-refractivity contribution in [1.82, 2.24) is 15.6 Å². The first-order valence-electron chi connectivity index (χ1n) is 18.6. The van der Waals surface area contributed by atoms with Crippen LogP contribution in [0.2, 0.25) is 37.8 Å². The van der Waals surface area contributed by atoms with Gasteiger partial charge in [0.15, 0.2) is 14.0 Å². The van der Waals surface area contributed by atoms with Gasteiger partial charge in [-0.1, -0.05) is 121 Å². The first-order valence-corrected chi connectivity index (χ1v) is 25.0. The molecule has 290 valence electrons. The minimum atomic E-state index is -2.30. The summed E-state index contributed by atoms with van der Waals surface area (Å²) in [6.07, 6.45) is 7.98. The highest BCUT2D eigenvalue weighted by atomic mass is 28.4. The van der Waals surface area contributed by atoms with Crippen LogP contribution in [0.3, 0.4) is 0 Å². The summed E-state index contributed by atoms with van der Waals surface area (Å²) in [5.74, 6) is -1.82. The summed E-state index contributed by atoms with van der Waals surface area (Å²) in [4.78, 5) is 59.0. The van der Waals surface area contributed by atoms with Crippen molar-refractivity contribution in [3.05, 3.63) is 83.4 Å². The number of rotatable bonds is 6. The molecule has 10 nitrogen and oxygen atoms in total. The van der Waals surface area contributed by atoms with Crippen molar-refractivity contribution in [2.75, 3.05) is 6.54 Å². The molecule has 1 unspecified atom stereocenters. The fraction of sp³-hybridized carbons (Fsp3) is 0.537. The van der Waals surface area contributed by atoms with E-state index in [9.17, 15) is 19.2 Å². The summed E-state index contributed by atoms with van der Waals surface area (Å²) >= 11 is 0. The minimum absolute atomic E-state index is 0.0777. The number of aromatic nitrogens is 1. The Balaban J connectivity index is 2.09. The lowest BCUT2D eigenvalue weighted by Gasteiger charge is -2.38. The van der Waals surface area contributed by atoms with Gasteiger partial charge in [-0.3, -0.25) is 14.4 Å². The molecule has 0 fully saturated rings. The number of nitrogens with zero attached hydrogens (tertiary/aromatic N) is 1. The Morgan fingerprint density at radius 1 is 1.00 bits per heavy atom. The summed E-state index contributed by atoms with van der Waals surface area (Å²) in [6.45, 7) is 24.9. The predicted octanol–water partition coefficient (Wildman–Crippen LogP) is 6.85. The van der Waals surface area contributed by atoms with Crippen molar-refractivity contribution in [3.63, 3.8) is 0 Å². The maximum absolute atomic E-state index is 14.1. The molecule has 2 aromatic rings. The molecule has 0 radical (unpaired) electrons. The normalized spacial score (nSPS) is 24.4. The molecule has 0 saturated carbocycles. The molecule has 4 atom stereocenters. The number of ether oxygens (including phenoxy) is 1. The molecule has 1 aliphatic rings. The van der Waals surface area contributed by atoms with Crippen molar-refractivity contribution >= 4 is 45.3 Å². The number of oxazole rings is 1. The maximum Gasteiger partial charge on any atom is 0.329 e. The van der Waals surface area contributed by atoms with Gasteiger partial charge in [-0.2, -0.15) is 0 Å². The Kier molecular flexibility index (Phi) is 15.1. The van der Waals surface area contributed by atoms with Crippen LogP contribution in [0.4, 0.5) is 0 Å². The van der Waals surface area contributed by atoms with Crippen molar-refractivity contribution in [3.8, 4) is 0 Å². The first-order chi connectivity index (χ1) is 24.6. The van der Waals surface area contributed by atoms with Crippen LogP contribution in [0.1, 0.15) is 76.8 Å². The van der Waals surface area contributed by atoms with Crippen LogP contribution in [-0.2, 0) is 36.4 Å². The molecule has 1 aromatic heterocycles. The highest BCUT2D eigenvalue weighted by Crippen LogP contribution is 2.38. The third kappa shape index (κ3) is 13.2. The highest BCUT2D eigenvalue weighted by molar-refractivity contribution is 6.88. The summed E-state index contributed by atoms with van der Waals surface area (Å²) in [5.41, 5.74) is 1.80. The molecule has 2 heterocycles. The van der Waals surface area contributed by atoms with Gasteiger partial charge in [-0.05, 0) is 42.6 Å². The fourth-order valence-corrected chi connectivity index (χ4v) is 8.32. The van der Waals surface area contributed by atoms with Crippen molar-refractivity contribution in [2.24, 2.45) is 11.8 Å². The first kappa shape index (κ1) is 43.5. The number of nitrogens with one attached hydrogen (secondary N) is 2. The minimum Gasteiger partial charge on any atom is -0.460 e. The predicted molar refractivity (Wildman–Crippen MR) is 215 cm³/mol. The number of carbonyl (C=O) groups is 4. The van der Waals surface area contributed by atoms with Gasteiger partial charge in [-0.15, -0.1) is 0 Å². The zero-order valence-corrected chi connectivity index (χ0v) is 35.8. The van der Waals surface area contributed by atoms with E-state index in [-0.39, 0.29) is 59.4 Å². The third-order valence-electron chi connectivity index (χ3n) is 9.67. The Hall–Kier alpha value is -3.88. The Morgan fingerprint density at radius 2 is 1.66 bits per heavy atom. The average molecular weight is 764 g/mol. The van der Waals surface area contributed by atoms with Crippen LogP contribution in [0, 0.1) is 11.8 Å². The standard InChI is InChI=1S/C41H61N3O7Si2/c1-27(2)37-29(4)20-21-34(46)42-22-16-17-28(3)23-32(51-53(11,12)41(5,6)7)25-31(45)26-35-44-36(40(49-35)52(8,9)10)38(47)43-33(39(48)50-37)24-30-18-14-13-15-19-30/h13-21,23,27,29,32-33,37H,22,24-26H2,1-12H3,(H,42,46)(H,43,47)/b17-16+,21-20+,28-23+/t29-,32?,33-,37-/m1/s1. The smallest absolute Gasteiger partial charge is 0.329 e. The zero-order chi connectivity index (χ0) is 39.7. The summed E-state index contributed by atoms with van der Waals surface area (Å²) in [7, 11) is -4.58. The number of ketones is 1. The average Bonchev–Trinajstić information content (AvgIpc) is 3.48. The fourth-order valence-electron chi connectivity index (χ4n) is 5.75. The molecule has 53 heavy (non-hydrogen) atoms. The van der Waals surface area contributed by atoms with Gasteiger partial charge in [0.2, 0.25) is 11.8 Å². The van der Waals surface area contributed by atoms with E-state index in [1.807, 2.05) is 95.9 Å². The second kappa shape index (κ2) is 18.4. The van der Waals surface area contributed by atoms with E-state index < -0.39 is 46.5 Å². The number of hydrogen-bond acceptors (Lipinski definition) is 8. The lowest BCUT2D eigenvalue weighted by molar-refractivity contribution is -0.155. The van der Waals surface area contributed by atoms with Crippen LogP contribution in [0.25, 0.3) is 0 Å². The summed E-state index contributed by atoms with van der Waals surface area (Å²) < 4.78 is 19.1. The number of carbonyl (C=O) groups excluding carboxylic acids is 4. The largest absolute Gasteiger partial charge is 0.460 e. The molecular formula is C41H61N3O7Si2. The Labute approximate surface area is 318 Å². The molecule has 1 aliphatic heterocycles. The van der Waals surface area contributed by atoms with Gasteiger partial charge in [0.1, 0.15) is 31.4 Å². The van der Waals surface area contributed by atoms with Gasteiger partial charge in [0.05, 0.1) is 12.5 Å². The van der Waals surface area contributed by atoms with E-state index in [0.717, 1.165) is 11.1 Å². The number of cyclic esters (lactones) is 1. The summed E-state index contributed by atoms with van der Waals surface area (Å²) in [5, 5.41) is 6.13. The van der Waals surface area contributed by atoms with Crippen LogP contribution in [0.15, 0.2) is 70.7 Å². The molecule has 2 amide bonds. The lowest BCUT2D eigenvalue weighted by atomic mass is 9.94. The van der Waals surface area contributed by atoms with E-state index >= 15 is 0 Å². The van der Waals surface area contributed by atoms with E-state index in [1.165, 1.54) is 6.08 Å². The Morgan fingerprint density at radius 3 is 2.26 bits per heavy atom. The second-order valence-electron chi connectivity index (χ2n) is 17.0. The van der Waals surface area contributed by atoms with Crippen molar-refractivity contribution < 1.29 is 32.8 Å². The quantitative estimate of drug-likeness (QED) is 0.241. The molecule has 12 heteroatoms. The molecule has 0 saturated heterocycles. The second-order valence-corrected chi connectivity index (χ2v) is 26.7. The molecule has 0 spiro atoms. The highest BCUT2D eigenvalue weighted by Gasteiger charge is 2.40. The number of amides is 2. The maximum atomic E-state index is 14.1. The molecule has 0 aliphatic carbocycles. The van der Waals surface area contributed by atoms with Crippen LogP contribution >= 0.6 is 0 Å². The van der Waals surface area contributed by atoms with Gasteiger partial charge in [-0.25, -0.2) is 9.78 Å². The van der Waals surface area contributed by atoms with E-state index in [1.54, 1.807) is 6.08 Å². The van der Waals surface area contributed by atoms with Crippen molar-refractivity contribution in [1.29, 1.82) is 0 Å². The number of esters is 1. The molecular weight excluding hydrogens is 703 g/mol. The number of allylic oxidation sites excluding steroid dienone is 2. The number of fused-ring (bicyclic) bond motifs is 2. The number of Topliss-reactive ketones (excluding diaryl/α,β-unsaturated/α-hetero) is 1. The van der Waals surface area contributed by atoms with Gasteiger partial charge >= 0.3 is 5.97 Å². The van der Waals surface area contributed by atoms with Gasteiger partial charge < -0.3 is 24.2 Å². The number of benzene rings is 1. The van der Waals surface area contributed by atoms with E-state index in [0.29, 0.717) is 11.9 Å². The van der Waals surface area contributed by atoms with Crippen LogP contribution < -0.4 is 16.0 Å². The topological polar surface area (TPSA) is 137 Å². The van der Waals surface area contributed by atoms with Gasteiger partial charge in [0.25, 0.3) is 5.91 Å². The van der Waals surface area contributed by atoms with E-state index in [2.05, 4.69) is 49.5 Å². The molecule has 2 N–H and O–H groups in total. The lowest BCUT2D eigenvalue weighted by Crippen LogP contribution is -2.48. The van der Waals surface area contributed by atoms with Crippen LogP contribution in [-0.4, -0.2) is 69.7 Å². The SMILES string of the molecule is CC1=C\C(O[Si](C)(C)C(C)(C)C)CC(=O)Cc2nc(c([Si](C)(C)C)o2)C(=O)N[C@H](Cc2ccccc2)C(=O)O[C@H](C(C)C)[C@H](C)/C=C/C(=O)NC\C=C\1. The summed E-state index contributed by atoms with van der Waals surface area (Å²) in [6, 6.07) is 8.34. The monoisotopic (exact) mass is 763 g/mol. The third-order valence-corrected chi connectivity index (χ3v) is 15.9. The van der Waals surface area contributed by atoms with Gasteiger partial charge in [0, 0.05) is 25.3 Å². The van der Waals surface area contributed by atoms with E-state index in [4.69, 9.17) is 13.6 Å². The molecule has 3 rings (SSSR count). The number of hydrogen-bond donors (Lipinski definition) is 2. The Bertz CT molecular complexity index is 1680.